The number of carboxylic acid groups (broad SMARTS) is 1. The first-order chi connectivity index (χ1) is 4.60. The third-order valence-corrected chi connectivity index (χ3v) is 2.52. The van der Waals surface area contributed by atoms with Gasteiger partial charge in [-0.15, -0.1) is 0 Å². The molecule has 0 aromatic heterocycles. The molecule has 1 amide bonds. The molecule has 10 heavy (non-hydrogen) atoms. The molecule has 1 aliphatic heterocycles. The normalized spacial score (nSPS) is 31.6. The predicted molar refractivity (Wildman–Crippen MR) is 38.0 cm³/mol. The van der Waals surface area contributed by atoms with Crippen LogP contribution < -0.4 is 0 Å². The molecule has 1 saturated heterocycles. The van der Waals surface area contributed by atoms with Crippen molar-refractivity contribution in [2.24, 2.45) is 0 Å². The van der Waals surface area contributed by atoms with E-state index in [2.05, 4.69) is 0 Å². The molecule has 1 rings (SSSR count). The summed E-state index contributed by atoms with van der Waals surface area (Å²) in [5.74, 6) is 0. The highest BCUT2D eigenvalue weighted by molar-refractivity contribution is 5.67. The van der Waals surface area contributed by atoms with Crippen LogP contribution >= 0.6 is 0 Å². The highest BCUT2D eigenvalue weighted by Crippen LogP contribution is 2.32. The second-order valence-corrected chi connectivity index (χ2v) is 3.03. The monoisotopic (exact) mass is 143 g/mol. The number of nitrogens with zero attached hydrogens (tertiary/aromatic N) is 1. The summed E-state index contributed by atoms with van der Waals surface area (Å²) < 4.78 is 0. The van der Waals surface area contributed by atoms with Gasteiger partial charge >= 0.3 is 6.09 Å². The van der Waals surface area contributed by atoms with Gasteiger partial charge in [-0.3, -0.25) is 0 Å². The van der Waals surface area contributed by atoms with E-state index < -0.39 is 6.09 Å². The summed E-state index contributed by atoms with van der Waals surface area (Å²) in [6, 6.07) is 0. The predicted octanol–water partition coefficient (Wildman–Crippen LogP) is 1.54. The van der Waals surface area contributed by atoms with E-state index in [1.54, 1.807) is 0 Å². The molecule has 0 bridgehead atoms. The van der Waals surface area contributed by atoms with E-state index in [0.29, 0.717) is 6.54 Å². The molecule has 58 valence electrons. The number of amides is 1. The van der Waals surface area contributed by atoms with Crippen molar-refractivity contribution in [3.63, 3.8) is 0 Å². The van der Waals surface area contributed by atoms with Crippen molar-refractivity contribution in [3.8, 4) is 0 Å². The molecule has 3 heteroatoms. The Kier molecular flexibility index (Phi) is 1.58. The summed E-state index contributed by atoms with van der Waals surface area (Å²) in [5.41, 5.74) is -0.0637. The van der Waals surface area contributed by atoms with Gasteiger partial charge < -0.3 is 10.0 Å². The van der Waals surface area contributed by atoms with Crippen LogP contribution in [0.1, 0.15) is 26.7 Å². The lowest BCUT2D eigenvalue weighted by Gasteiger charge is -2.48. The van der Waals surface area contributed by atoms with Crippen LogP contribution in [0.25, 0.3) is 0 Å². The minimum absolute atomic E-state index is 0.0637. The standard InChI is InChI=1S/C7H13NO2/c1-3-7(2)4-5-8(7)6(9)10/h3-5H2,1-2H3,(H,9,10). The Morgan fingerprint density at radius 3 is 2.50 bits per heavy atom. The van der Waals surface area contributed by atoms with Gasteiger partial charge in [0.2, 0.25) is 0 Å². The Morgan fingerprint density at radius 2 is 2.40 bits per heavy atom. The van der Waals surface area contributed by atoms with E-state index in [9.17, 15) is 4.79 Å². The molecule has 1 unspecified atom stereocenters. The summed E-state index contributed by atoms with van der Waals surface area (Å²) in [6.45, 7) is 4.72. The summed E-state index contributed by atoms with van der Waals surface area (Å²) >= 11 is 0. The number of likely N-dealkylation sites (tertiary alicyclic amines) is 1. The Bertz CT molecular complexity index is 154. The van der Waals surface area contributed by atoms with Gasteiger partial charge in [-0.05, 0) is 19.8 Å². The number of hydrogen-bond acceptors (Lipinski definition) is 1. The number of carbonyl (C=O) groups is 1. The largest absolute Gasteiger partial charge is 0.465 e. The molecule has 1 atom stereocenters. The van der Waals surface area contributed by atoms with Crippen LogP contribution in [0.5, 0.6) is 0 Å². The van der Waals surface area contributed by atoms with Gasteiger partial charge in [-0.1, -0.05) is 6.92 Å². The zero-order valence-electron chi connectivity index (χ0n) is 6.42. The maximum Gasteiger partial charge on any atom is 0.407 e. The lowest BCUT2D eigenvalue weighted by Crippen LogP contribution is -2.59. The van der Waals surface area contributed by atoms with Gasteiger partial charge in [0.05, 0.1) is 0 Å². The third-order valence-electron chi connectivity index (χ3n) is 2.52. The van der Waals surface area contributed by atoms with E-state index in [0.717, 1.165) is 12.8 Å². The molecule has 1 N–H and O–H groups in total. The average Bonchev–Trinajstić information content (AvgIpc) is 1.83. The molecule has 3 nitrogen and oxygen atoms in total. The molecule has 0 aliphatic carbocycles. The highest BCUT2D eigenvalue weighted by atomic mass is 16.4. The molecule has 0 aromatic rings. The zero-order chi connectivity index (χ0) is 7.78. The van der Waals surface area contributed by atoms with Crippen molar-refractivity contribution < 1.29 is 9.90 Å². The number of rotatable bonds is 1. The summed E-state index contributed by atoms with van der Waals surface area (Å²) in [7, 11) is 0. The van der Waals surface area contributed by atoms with Crippen molar-refractivity contribution >= 4 is 6.09 Å². The topological polar surface area (TPSA) is 40.5 Å². The van der Waals surface area contributed by atoms with E-state index in [1.165, 1.54) is 4.90 Å². The minimum atomic E-state index is -0.782. The average molecular weight is 143 g/mol. The van der Waals surface area contributed by atoms with Crippen LogP contribution in [0.15, 0.2) is 0 Å². The Hall–Kier alpha value is -0.730. The molecule has 1 fully saturated rings. The first kappa shape index (κ1) is 7.38. The highest BCUT2D eigenvalue weighted by Gasteiger charge is 2.41. The summed E-state index contributed by atoms with van der Waals surface area (Å²) in [4.78, 5) is 12.0. The fraction of sp³-hybridized carbons (Fsp3) is 0.857. The van der Waals surface area contributed by atoms with Crippen LogP contribution in [0, 0.1) is 0 Å². The molecule has 0 spiro atoms. The van der Waals surface area contributed by atoms with E-state index in [4.69, 9.17) is 5.11 Å². The molecule has 0 aromatic carbocycles. The van der Waals surface area contributed by atoms with Gasteiger partial charge in [0.15, 0.2) is 0 Å². The second-order valence-electron chi connectivity index (χ2n) is 3.03. The maximum atomic E-state index is 10.5. The fourth-order valence-corrected chi connectivity index (χ4v) is 1.30. The minimum Gasteiger partial charge on any atom is -0.465 e. The van der Waals surface area contributed by atoms with Crippen LogP contribution in [-0.4, -0.2) is 28.2 Å². The van der Waals surface area contributed by atoms with Crippen LogP contribution in [0.2, 0.25) is 0 Å². The van der Waals surface area contributed by atoms with Gasteiger partial charge in [0, 0.05) is 12.1 Å². The fourth-order valence-electron chi connectivity index (χ4n) is 1.30. The second kappa shape index (κ2) is 2.15. The van der Waals surface area contributed by atoms with Crippen molar-refractivity contribution in [1.29, 1.82) is 0 Å². The molecular formula is C7H13NO2. The lowest BCUT2D eigenvalue weighted by atomic mass is 9.85. The Labute approximate surface area is 60.6 Å². The van der Waals surface area contributed by atoms with E-state index in [-0.39, 0.29) is 5.54 Å². The smallest absolute Gasteiger partial charge is 0.407 e. The van der Waals surface area contributed by atoms with E-state index >= 15 is 0 Å². The third kappa shape index (κ3) is 0.856. The first-order valence-corrected chi connectivity index (χ1v) is 3.61. The SMILES string of the molecule is CCC1(C)CCN1C(=O)O. The van der Waals surface area contributed by atoms with Crippen LogP contribution in [-0.2, 0) is 0 Å². The molecular weight excluding hydrogens is 130 g/mol. The van der Waals surface area contributed by atoms with Gasteiger partial charge in [-0.25, -0.2) is 4.79 Å². The Morgan fingerprint density at radius 1 is 1.80 bits per heavy atom. The maximum absolute atomic E-state index is 10.5. The van der Waals surface area contributed by atoms with Gasteiger partial charge in [0.1, 0.15) is 0 Å². The first-order valence-electron chi connectivity index (χ1n) is 3.61. The van der Waals surface area contributed by atoms with Gasteiger partial charge in [-0.2, -0.15) is 0 Å². The molecule has 0 radical (unpaired) electrons. The summed E-state index contributed by atoms with van der Waals surface area (Å²) in [6.07, 6.45) is 1.14. The number of hydrogen-bond donors (Lipinski definition) is 1. The zero-order valence-corrected chi connectivity index (χ0v) is 6.42. The lowest BCUT2D eigenvalue weighted by molar-refractivity contribution is 0.0101. The quantitative estimate of drug-likeness (QED) is 0.604. The molecule has 0 saturated carbocycles. The Balaban J connectivity index is 2.57. The molecule has 1 heterocycles. The van der Waals surface area contributed by atoms with Crippen molar-refractivity contribution in [3.05, 3.63) is 0 Å². The van der Waals surface area contributed by atoms with Crippen LogP contribution in [0.3, 0.4) is 0 Å². The van der Waals surface area contributed by atoms with Crippen molar-refractivity contribution in [2.75, 3.05) is 6.54 Å². The van der Waals surface area contributed by atoms with Gasteiger partial charge in [0.25, 0.3) is 0 Å². The van der Waals surface area contributed by atoms with E-state index in [1.807, 2.05) is 13.8 Å². The van der Waals surface area contributed by atoms with Crippen molar-refractivity contribution in [2.45, 2.75) is 32.2 Å². The van der Waals surface area contributed by atoms with Crippen molar-refractivity contribution in [1.82, 2.24) is 4.90 Å². The van der Waals surface area contributed by atoms with Crippen LogP contribution in [0.4, 0.5) is 4.79 Å². The molecule has 1 aliphatic rings. The summed E-state index contributed by atoms with van der Waals surface area (Å²) in [5, 5.41) is 8.63.